The Kier molecular flexibility index (Phi) is 6.19. The molecular formula is C30H23F4N5O3. The van der Waals surface area contributed by atoms with E-state index in [0.717, 1.165) is 6.07 Å². The molecule has 0 fully saturated rings. The zero-order valence-electron chi connectivity index (χ0n) is 22.2. The lowest BCUT2D eigenvalue weighted by molar-refractivity contribution is -0.246. The van der Waals surface area contributed by atoms with Crippen LogP contribution in [0.1, 0.15) is 24.1 Å². The maximum Gasteiger partial charge on any atom is 0.425 e. The molecule has 0 saturated carbocycles. The number of para-hydroxylation sites is 1. The summed E-state index contributed by atoms with van der Waals surface area (Å²) in [7, 11) is 1.64. The fourth-order valence-electron chi connectivity index (χ4n) is 5.43. The molecule has 1 aliphatic rings. The van der Waals surface area contributed by atoms with Crippen molar-refractivity contribution in [1.29, 1.82) is 0 Å². The second-order valence-corrected chi connectivity index (χ2v) is 10.1. The number of fused-ring (bicyclic) bond motifs is 4. The number of alkyl halides is 3. The zero-order valence-corrected chi connectivity index (χ0v) is 22.2. The molecule has 3 N–H and O–H groups in total. The van der Waals surface area contributed by atoms with Crippen LogP contribution in [0.3, 0.4) is 0 Å². The summed E-state index contributed by atoms with van der Waals surface area (Å²) in [5, 5.41) is 15.9. The molecule has 2 heterocycles. The Morgan fingerprint density at radius 2 is 1.74 bits per heavy atom. The molecule has 2 atom stereocenters. The predicted molar refractivity (Wildman–Crippen MR) is 148 cm³/mol. The van der Waals surface area contributed by atoms with Gasteiger partial charge in [0.05, 0.1) is 17.4 Å². The van der Waals surface area contributed by atoms with Gasteiger partial charge in [-0.15, -0.1) is 0 Å². The molecule has 8 nitrogen and oxygen atoms in total. The third-order valence-corrected chi connectivity index (χ3v) is 7.65. The quantitative estimate of drug-likeness (QED) is 0.201. The molecule has 12 heteroatoms. The number of rotatable bonds is 5. The van der Waals surface area contributed by atoms with E-state index in [4.69, 9.17) is 0 Å². The van der Waals surface area contributed by atoms with E-state index < -0.39 is 40.7 Å². The van der Waals surface area contributed by atoms with Crippen LogP contribution in [0, 0.1) is 5.82 Å². The van der Waals surface area contributed by atoms with Gasteiger partial charge in [-0.2, -0.15) is 18.3 Å². The molecule has 1 amide bonds. The van der Waals surface area contributed by atoms with Crippen LogP contribution in [0.4, 0.5) is 23.2 Å². The fourth-order valence-corrected chi connectivity index (χ4v) is 5.43. The number of anilines is 1. The summed E-state index contributed by atoms with van der Waals surface area (Å²) < 4.78 is 60.2. The number of aliphatic hydroxyl groups is 1. The Labute approximate surface area is 235 Å². The average Bonchev–Trinajstić information content (AvgIpc) is 3.56. The second kappa shape index (κ2) is 9.55. The molecule has 0 bridgehead atoms. The highest BCUT2D eigenvalue weighted by Crippen LogP contribution is 2.57. The third kappa shape index (κ3) is 4.05. The lowest BCUT2D eigenvalue weighted by atomic mass is 9.89. The number of nitrogens with one attached hydrogen (secondary N) is 2. The Bertz CT molecular complexity index is 1950. The molecule has 5 aromatic rings. The summed E-state index contributed by atoms with van der Waals surface area (Å²) >= 11 is 0. The molecule has 0 spiro atoms. The minimum absolute atomic E-state index is 0.0303. The Hall–Kier alpha value is -4.97. The molecule has 214 valence electrons. The molecule has 0 radical (unpaired) electrons. The molecule has 2 unspecified atom stereocenters. The van der Waals surface area contributed by atoms with Crippen molar-refractivity contribution >= 4 is 22.5 Å². The average molecular weight is 578 g/mol. The van der Waals surface area contributed by atoms with Gasteiger partial charge in [-0.05, 0) is 41.8 Å². The number of hydrogen-bond donors (Lipinski definition) is 3. The standard InChI is InChI=1S/C30H23F4N5O3/c1-16(28(41)37-36-24-13-26(40)38(2)25-10-6-4-8-20(24)25)39-15-17(14-35-39)21-11-18(31)12-23-27(21)19-7-3-5-9-22(19)29(23,42)30(32,33)34/h3-16,36,42H,1-2H3,(H,37,41). The minimum Gasteiger partial charge on any atom is -0.372 e. The van der Waals surface area contributed by atoms with Gasteiger partial charge in [0, 0.05) is 41.4 Å². The van der Waals surface area contributed by atoms with Crippen molar-refractivity contribution in [3.05, 3.63) is 106 Å². The summed E-state index contributed by atoms with van der Waals surface area (Å²) in [6.07, 6.45) is -2.38. The van der Waals surface area contributed by atoms with E-state index >= 15 is 0 Å². The Morgan fingerprint density at radius 3 is 2.50 bits per heavy atom. The summed E-state index contributed by atoms with van der Waals surface area (Å²) in [5.74, 6) is -1.50. The van der Waals surface area contributed by atoms with Gasteiger partial charge in [0.2, 0.25) is 5.60 Å². The number of carbonyl (C=O) groups is 1. The van der Waals surface area contributed by atoms with E-state index in [-0.39, 0.29) is 27.8 Å². The number of aromatic nitrogens is 3. The number of pyridine rings is 1. The largest absolute Gasteiger partial charge is 0.425 e. The fraction of sp³-hybridized carbons (Fsp3) is 0.167. The number of amides is 1. The summed E-state index contributed by atoms with van der Waals surface area (Å²) in [5.41, 5.74) is 2.19. The van der Waals surface area contributed by atoms with Crippen LogP contribution >= 0.6 is 0 Å². The zero-order chi connectivity index (χ0) is 30.0. The van der Waals surface area contributed by atoms with Crippen molar-refractivity contribution in [3.63, 3.8) is 0 Å². The van der Waals surface area contributed by atoms with E-state index in [0.29, 0.717) is 22.7 Å². The molecule has 3 aromatic carbocycles. The molecule has 42 heavy (non-hydrogen) atoms. The van der Waals surface area contributed by atoms with Crippen molar-refractivity contribution in [2.45, 2.75) is 24.7 Å². The Balaban J connectivity index is 1.32. The van der Waals surface area contributed by atoms with Crippen molar-refractivity contribution in [2.75, 3.05) is 5.43 Å². The first-order valence-electron chi connectivity index (χ1n) is 12.8. The second-order valence-electron chi connectivity index (χ2n) is 10.1. The monoisotopic (exact) mass is 577 g/mol. The van der Waals surface area contributed by atoms with Crippen molar-refractivity contribution in [3.8, 4) is 22.3 Å². The number of aryl methyl sites for hydroxylation is 1. The molecular weight excluding hydrogens is 554 g/mol. The number of halogens is 4. The Morgan fingerprint density at radius 1 is 1.02 bits per heavy atom. The van der Waals surface area contributed by atoms with E-state index in [9.17, 15) is 32.3 Å². The first kappa shape index (κ1) is 27.2. The van der Waals surface area contributed by atoms with Gasteiger partial charge < -0.3 is 9.67 Å². The van der Waals surface area contributed by atoms with Crippen molar-refractivity contribution in [1.82, 2.24) is 19.8 Å². The van der Waals surface area contributed by atoms with Gasteiger partial charge in [-0.1, -0.05) is 42.5 Å². The highest BCUT2D eigenvalue weighted by molar-refractivity contribution is 5.93. The number of benzene rings is 3. The first-order chi connectivity index (χ1) is 19.9. The highest BCUT2D eigenvalue weighted by Gasteiger charge is 2.61. The minimum atomic E-state index is -5.11. The van der Waals surface area contributed by atoms with Crippen molar-refractivity contribution < 1.29 is 27.5 Å². The SMILES string of the molecule is CC(C(=O)NNc1cc(=O)n(C)c2ccccc12)n1cc(-c2cc(F)cc3c2-c2ccccc2C3(O)C(F)(F)F)cn1. The van der Waals surface area contributed by atoms with Gasteiger partial charge in [0.1, 0.15) is 11.9 Å². The van der Waals surface area contributed by atoms with Crippen LogP contribution in [0.15, 0.2) is 83.9 Å². The maximum absolute atomic E-state index is 14.8. The molecule has 2 aromatic heterocycles. The highest BCUT2D eigenvalue weighted by atomic mass is 19.4. The van der Waals surface area contributed by atoms with Crippen LogP contribution < -0.4 is 16.4 Å². The summed E-state index contributed by atoms with van der Waals surface area (Å²) in [6.45, 7) is 1.55. The van der Waals surface area contributed by atoms with Crippen LogP contribution in [0.25, 0.3) is 33.2 Å². The summed E-state index contributed by atoms with van der Waals surface area (Å²) in [6, 6.07) is 14.9. The van der Waals surface area contributed by atoms with Crippen molar-refractivity contribution in [2.24, 2.45) is 7.05 Å². The lowest BCUT2D eigenvalue weighted by Crippen LogP contribution is -2.41. The van der Waals surface area contributed by atoms with Gasteiger partial charge in [0.15, 0.2) is 0 Å². The van der Waals surface area contributed by atoms with Gasteiger partial charge in [-0.3, -0.25) is 25.1 Å². The predicted octanol–water partition coefficient (Wildman–Crippen LogP) is 5.02. The molecule has 0 aliphatic heterocycles. The normalized spacial score (nSPS) is 16.6. The van der Waals surface area contributed by atoms with Gasteiger partial charge >= 0.3 is 6.18 Å². The summed E-state index contributed by atoms with van der Waals surface area (Å²) in [4.78, 5) is 25.4. The number of carbonyl (C=O) groups excluding carboxylic acids is 1. The van der Waals surface area contributed by atoms with E-state index in [2.05, 4.69) is 16.0 Å². The van der Waals surface area contributed by atoms with Crippen LogP contribution in [0.2, 0.25) is 0 Å². The van der Waals surface area contributed by atoms with E-state index in [1.165, 1.54) is 52.0 Å². The van der Waals surface area contributed by atoms with E-state index in [1.54, 1.807) is 38.2 Å². The van der Waals surface area contributed by atoms with Gasteiger partial charge in [0.25, 0.3) is 11.5 Å². The molecule has 6 rings (SSSR count). The number of nitrogens with zero attached hydrogens (tertiary/aromatic N) is 3. The topological polar surface area (TPSA) is 101 Å². The number of hydrazine groups is 1. The lowest BCUT2D eigenvalue weighted by Gasteiger charge is -2.28. The van der Waals surface area contributed by atoms with Crippen LogP contribution in [-0.4, -0.2) is 31.5 Å². The first-order valence-corrected chi connectivity index (χ1v) is 12.8. The molecule has 0 saturated heterocycles. The third-order valence-electron chi connectivity index (χ3n) is 7.65. The van der Waals surface area contributed by atoms with Crippen LogP contribution in [-0.2, 0) is 17.4 Å². The smallest absolute Gasteiger partial charge is 0.372 e. The van der Waals surface area contributed by atoms with Gasteiger partial charge in [-0.25, -0.2) is 4.39 Å². The molecule has 1 aliphatic carbocycles. The van der Waals surface area contributed by atoms with Crippen LogP contribution in [0.5, 0.6) is 0 Å². The number of hydrogen-bond acceptors (Lipinski definition) is 5. The maximum atomic E-state index is 14.8. The van der Waals surface area contributed by atoms with E-state index in [1.807, 2.05) is 0 Å².